The highest BCUT2D eigenvalue weighted by Gasteiger charge is 2.26. The molecule has 4 rings (SSSR count). The highest BCUT2D eigenvalue weighted by atomic mass is 19.1. The molecular weight excluding hydrogens is 341 g/mol. The summed E-state index contributed by atoms with van der Waals surface area (Å²) < 4.78 is 16.4. The van der Waals surface area contributed by atoms with Crippen molar-refractivity contribution >= 4 is 11.6 Å². The number of hydrogen-bond acceptors (Lipinski definition) is 2. The molecule has 0 saturated heterocycles. The molecule has 4 aromatic rings. The molecule has 132 valence electrons. The van der Waals surface area contributed by atoms with Crippen molar-refractivity contribution in [2.24, 2.45) is 0 Å². The van der Waals surface area contributed by atoms with Gasteiger partial charge in [0.2, 0.25) is 5.95 Å². The largest absolute Gasteiger partial charge is 0.322 e. The van der Waals surface area contributed by atoms with Gasteiger partial charge in [0.25, 0.3) is 5.91 Å². The number of aromatic nitrogens is 2. The van der Waals surface area contributed by atoms with Gasteiger partial charge in [-0.05, 0) is 24.3 Å². The van der Waals surface area contributed by atoms with Crippen LogP contribution in [-0.4, -0.2) is 15.7 Å². The molecule has 1 heterocycles. The number of nitrogens with one attached hydrogen (secondary N) is 1. The van der Waals surface area contributed by atoms with Crippen molar-refractivity contribution in [2.75, 3.05) is 5.32 Å². The first-order valence-electron chi connectivity index (χ1n) is 8.50. The predicted octanol–water partition coefficient (Wildman–Crippen LogP) is 4.93. The van der Waals surface area contributed by atoms with Crippen LogP contribution < -0.4 is 5.32 Å². The van der Waals surface area contributed by atoms with Crippen molar-refractivity contribution in [2.45, 2.75) is 0 Å². The molecule has 0 aliphatic rings. The Bertz CT molecular complexity index is 1060. The first kappa shape index (κ1) is 16.7. The lowest BCUT2D eigenvalue weighted by Gasteiger charge is -2.05. The predicted molar refractivity (Wildman–Crippen MR) is 103 cm³/mol. The van der Waals surface area contributed by atoms with Gasteiger partial charge in [0.1, 0.15) is 11.3 Å². The average molecular weight is 357 g/mol. The minimum Gasteiger partial charge on any atom is -0.322 e. The van der Waals surface area contributed by atoms with Crippen LogP contribution in [0.5, 0.6) is 0 Å². The van der Waals surface area contributed by atoms with Crippen LogP contribution in [0.1, 0.15) is 10.4 Å². The Hall–Kier alpha value is -3.73. The quantitative estimate of drug-likeness (QED) is 0.563. The van der Waals surface area contributed by atoms with Crippen LogP contribution in [0, 0.1) is 5.95 Å². The van der Waals surface area contributed by atoms with Crippen molar-refractivity contribution in [3.05, 3.63) is 103 Å². The van der Waals surface area contributed by atoms with Crippen molar-refractivity contribution in [1.29, 1.82) is 0 Å². The monoisotopic (exact) mass is 357 g/mol. The molecule has 0 saturated carbocycles. The fourth-order valence-electron chi connectivity index (χ4n) is 2.85. The lowest BCUT2D eigenvalue weighted by molar-refractivity contribution is 0.102. The van der Waals surface area contributed by atoms with E-state index in [9.17, 15) is 4.79 Å². The topological polar surface area (TPSA) is 46.9 Å². The Labute approximate surface area is 155 Å². The van der Waals surface area contributed by atoms with Crippen LogP contribution in [0.25, 0.3) is 16.9 Å². The minimum absolute atomic E-state index is 0.0890. The minimum atomic E-state index is -0.700. The molecule has 5 heteroatoms. The maximum absolute atomic E-state index is 15.3. The van der Waals surface area contributed by atoms with E-state index in [0.29, 0.717) is 22.6 Å². The number of benzene rings is 3. The Morgan fingerprint density at radius 3 is 2.00 bits per heavy atom. The third-order valence-corrected chi connectivity index (χ3v) is 4.14. The Kier molecular flexibility index (Phi) is 4.49. The first-order chi connectivity index (χ1) is 13.2. The van der Waals surface area contributed by atoms with E-state index < -0.39 is 11.9 Å². The molecule has 1 aromatic heterocycles. The van der Waals surface area contributed by atoms with Crippen LogP contribution >= 0.6 is 0 Å². The van der Waals surface area contributed by atoms with Gasteiger partial charge >= 0.3 is 0 Å². The van der Waals surface area contributed by atoms with Gasteiger partial charge in [-0.15, -0.1) is 0 Å². The van der Waals surface area contributed by atoms with E-state index in [-0.39, 0.29) is 5.56 Å². The maximum Gasteiger partial charge on any atom is 0.262 e. The summed E-state index contributed by atoms with van der Waals surface area (Å²) in [6, 6.07) is 27.0. The van der Waals surface area contributed by atoms with E-state index in [1.54, 1.807) is 60.7 Å². The number of anilines is 1. The molecule has 3 aromatic carbocycles. The molecule has 1 N–H and O–H groups in total. The Morgan fingerprint density at radius 2 is 1.37 bits per heavy atom. The smallest absolute Gasteiger partial charge is 0.262 e. The van der Waals surface area contributed by atoms with Gasteiger partial charge in [0.15, 0.2) is 0 Å². The van der Waals surface area contributed by atoms with E-state index >= 15 is 4.39 Å². The standard InChI is InChI=1S/C22H16FN3O/c23-21-19(22(27)24-17-12-6-2-7-13-17)20(16-10-4-1-5-11-16)25-26(21)18-14-8-3-9-15-18/h1-15H,(H,24,27). The molecule has 0 unspecified atom stereocenters. The molecule has 0 aliphatic heterocycles. The highest BCUT2D eigenvalue weighted by molar-refractivity contribution is 6.08. The van der Waals surface area contributed by atoms with Gasteiger partial charge in [-0.25, -0.2) is 4.68 Å². The molecule has 0 aliphatic carbocycles. The van der Waals surface area contributed by atoms with Crippen LogP contribution in [0.4, 0.5) is 10.1 Å². The number of halogens is 1. The van der Waals surface area contributed by atoms with Crippen molar-refractivity contribution < 1.29 is 9.18 Å². The van der Waals surface area contributed by atoms with Gasteiger partial charge < -0.3 is 5.32 Å². The molecule has 27 heavy (non-hydrogen) atoms. The van der Waals surface area contributed by atoms with Gasteiger partial charge in [-0.3, -0.25) is 4.79 Å². The summed E-state index contributed by atoms with van der Waals surface area (Å²) in [5.74, 6) is -1.24. The fourth-order valence-corrected chi connectivity index (χ4v) is 2.85. The Morgan fingerprint density at radius 1 is 0.815 bits per heavy atom. The summed E-state index contributed by atoms with van der Waals surface area (Å²) in [5, 5.41) is 7.14. The number of rotatable bonds is 4. The summed E-state index contributed by atoms with van der Waals surface area (Å²) in [6.07, 6.45) is 0. The van der Waals surface area contributed by atoms with Gasteiger partial charge in [-0.2, -0.15) is 9.49 Å². The molecule has 1 amide bonds. The van der Waals surface area contributed by atoms with Crippen molar-refractivity contribution in [1.82, 2.24) is 9.78 Å². The van der Waals surface area contributed by atoms with Gasteiger partial charge in [0.05, 0.1) is 5.69 Å². The number of para-hydroxylation sites is 2. The number of carbonyl (C=O) groups excluding carboxylic acids is 1. The van der Waals surface area contributed by atoms with Crippen LogP contribution in [-0.2, 0) is 0 Å². The second kappa shape index (κ2) is 7.25. The average Bonchev–Trinajstić information content (AvgIpc) is 3.07. The fraction of sp³-hybridized carbons (Fsp3) is 0. The van der Waals surface area contributed by atoms with Crippen LogP contribution in [0.15, 0.2) is 91.0 Å². The lowest BCUT2D eigenvalue weighted by atomic mass is 10.1. The molecule has 0 fully saturated rings. The molecule has 0 bridgehead atoms. The van der Waals surface area contributed by atoms with Crippen LogP contribution in [0.2, 0.25) is 0 Å². The van der Waals surface area contributed by atoms with E-state index in [1.807, 2.05) is 30.3 Å². The van der Waals surface area contributed by atoms with Crippen molar-refractivity contribution in [3.63, 3.8) is 0 Å². The zero-order valence-electron chi connectivity index (χ0n) is 14.3. The van der Waals surface area contributed by atoms with E-state index in [1.165, 1.54) is 0 Å². The summed E-state index contributed by atoms with van der Waals surface area (Å²) in [6.45, 7) is 0. The van der Waals surface area contributed by atoms with Crippen molar-refractivity contribution in [3.8, 4) is 16.9 Å². The molecule has 0 atom stereocenters. The number of hydrogen-bond donors (Lipinski definition) is 1. The first-order valence-corrected chi connectivity index (χ1v) is 8.50. The maximum atomic E-state index is 15.3. The number of nitrogens with zero attached hydrogens (tertiary/aromatic N) is 2. The summed E-state index contributed by atoms with van der Waals surface area (Å²) in [5.41, 5.74) is 2.02. The zero-order chi connectivity index (χ0) is 18.6. The number of carbonyl (C=O) groups is 1. The lowest BCUT2D eigenvalue weighted by Crippen LogP contribution is -2.14. The molecule has 4 nitrogen and oxygen atoms in total. The third kappa shape index (κ3) is 3.35. The van der Waals surface area contributed by atoms with Crippen LogP contribution in [0.3, 0.4) is 0 Å². The second-order valence-corrected chi connectivity index (χ2v) is 5.95. The van der Waals surface area contributed by atoms with E-state index in [2.05, 4.69) is 10.4 Å². The molecule has 0 radical (unpaired) electrons. The number of amides is 1. The SMILES string of the molecule is O=C(Nc1ccccc1)c1c(-c2ccccc2)nn(-c2ccccc2)c1F. The molecule has 0 spiro atoms. The summed E-state index contributed by atoms with van der Waals surface area (Å²) in [7, 11) is 0. The Balaban J connectivity index is 1.83. The van der Waals surface area contributed by atoms with E-state index in [4.69, 9.17) is 0 Å². The summed E-state index contributed by atoms with van der Waals surface area (Å²) >= 11 is 0. The molecular formula is C22H16FN3O. The van der Waals surface area contributed by atoms with Gasteiger partial charge in [0, 0.05) is 11.3 Å². The van der Waals surface area contributed by atoms with Gasteiger partial charge in [-0.1, -0.05) is 66.7 Å². The highest BCUT2D eigenvalue weighted by Crippen LogP contribution is 2.27. The second-order valence-electron chi connectivity index (χ2n) is 5.95. The zero-order valence-corrected chi connectivity index (χ0v) is 14.3. The normalized spacial score (nSPS) is 10.6. The van der Waals surface area contributed by atoms with E-state index in [0.717, 1.165) is 4.68 Å². The summed E-state index contributed by atoms with van der Waals surface area (Å²) in [4.78, 5) is 12.9. The third-order valence-electron chi connectivity index (χ3n) is 4.14.